The standard InChI is InChI=1S/C10H18N6O/c1-14-3-5-16(6-4-14)10(17)11-7-9-12-8-15(2)13-9/h8H,3-7H2,1-2H3,(H,11,17). The van der Waals surface area contributed by atoms with Gasteiger partial charge in [-0.3, -0.25) is 4.68 Å². The maximum atomic E-state index is 11.8. The molecule has 0 bridgehead atoms. The normalized spacial score (nSPS) is 17.2. The number of amides is 2. The third kappa shape index (κ3) is 3.16. The minimum atomic E-state index is -0.0365. The number of rotatable bonds is 2. The van der Waals surface area contributed by atoms with E-state index >= 15 is 0 Å². The van der Waals surface area contributed by atoms with Crippen LogP contribution in [0.4, 0.5) is 4.79 Å². The molecule has 2 heterocycles. The van der Waals surface area contributed by atoms with Crippen LogP contribution < -0.4 is 5.32 Å². The van der Waals surface area contributed by atoms with Gasteiger partial charge in [-0.1, -0.05) is 0 Å². The molecule has 0 spiro atoms. The highest BCUT2D eigenvalue weighted by atomic mass is 16.2. The van der Waals surface area contributed by atoms with Crippen LogP contribution in [0.15, 0.2) is 6.33 Å². The molecule has 1 N–H and O–H groups in total. The van der Waals surface area contributed by atoms with Crippen LogP contribution >= 0.6 is 0 Å². The van der Waals surface area contributed by atoms with E-state index < -0.39 is 0 Å². The number of piperazine rings is 1. The first kappa shape index (κ1) is 11.8. The molecule has 0 radical (unpaired) electrons. The smallest absolute Gasteiger partial charge is 0.317 e. The monoisotopic (exact) mass is 238 g/mol. The summed E-state index contributed by atoms with van der Waals surface area (Å²) in [6.45, 7) is 3.78. The van der Waals surface area contributed by atoms with E-state index in [0.717, 1.165) is 26.2 Å². The van der Waals surface area contributed by atoms with Crippen LogP contribution in [0.3, 0.4) is 0 Å². The summed E-state index contributed by atoms with van der Waals surface area (Å²) in [6, 6.07) is -0.0365. The second-order valence-corrected chi connectivity index (χ2v) is 4.28. The summed E-state index contributed by atoms with van der Waals surface area (Å²) in [6.07, 6.45) is 1.62. The number of nitrogens with zero attached hydrogens (tertiary/aromatic N) is 5. The fraction of sp³-hybridized carbons (Fsp3) is 0.700. The second-order valence-electron chi connectivity index (χ2n) is 4.28. The number of likely N-dealkylation sites (N-methyl/N-ethyl adjacent to an activating group) is 1. The third-order valence-corrected chi connectivity index (χ3v) is 2.84. The summed E-state index contributed by atoms with van der Waals surface area (Å²) < 4.78 is 1.62. The third-order valence-electron chi connectivity index (χ3n) is 2.84. The van der Waals surface area contributed by atoms with E-state index in [4.69, 9.17) is 0 Å². The minimum absolute atomic E-state index is 0.0365. The molecule has 94 valence electrons. The maximum absolute atomic E-state index is 11.8. The molecule has 1 saturated heterocycles. The first-order chi connectivity index (χ1) is 8.15. The fourth-order valence-electron chi connectivity index (χ4n) is 1.74. The molecule has 1 aromatic heterocycles. The van der Waals surface area contributed by atoms with Gasteiger partial charge >= 0.3 is 6.03 Å². The Balaban J connectivity index is 1.77. The highest BCUT2D eigenvalue weighted by Crippen LogP contribution is 1.99. The molecule has 2 amide bonds. The van der Waals surface area contributed by atoms with Crippen LogP contribution in [-0.2, 0) is 13.6 Å². The average Bonchev–Trinajstić information content (AvgIpc) is 2.73. The summed E-state index contributed by atoms with van der Waals surface area (Å²) >= 11 is 0. The number of nitrogens with one attached hydrogen (secondary N) is 1. The van der Waals surface area contributed by atoms with E-state index in [2.05, 4.69) is 27.3 Å². The Bertz CT molecular complexity index is 382. The summed E-state index contributed by atoms with van der Waals surface area (Å²) in [7, 11) is 3.87. The van der Waals surface area contributed by atoms with Crippen molar-refractivity contribution >= 4 is 6.03 Å². The predicted molar refractivity (Wildman–Crippen MR) is 62.3 cm³/mol. The number of urea groups is 1. The van der Waals surface area contributed by atoms with E-state index in [-0.39, 0.29) is 6.03 Å². The summed E-state index contributed by atoms with van der Waals surface area (Å²) in [5.41, 5.74) is 0. The van der Waals surface area contributed by atoms with E-state index in [9.17, 15) is 4.79 Å². The summed E-state index contributed by atoms with van der Waals surface area (Å²) in [5.74, 6) is 0.634. The van der Waals surface area contributed by atoms with Gasteiger partial charge in [-0.25, -0.2) is 9.78 Å². The Morgan fingerprint density at radius 3 is 2.65 bits per heavy atom. The first-order valence-corrected chi connectivity index (χ1v) is 5.71. The van der Waals surface area contributed by atoms with Gasteiger partial charge in [0.05, 0.1) is 6.54 Å². The minimum Gasteiger partial charge on any atom is -0.331 e. The lowest BCUT2D eigenvalue weighted by Crippen LogP contribution is -2.50. The van der Waals surface area contributed by atoms with Crippen molar-refractivity contribution in [1.29, 1.82) is 0 Å². The van der Waals surface area contributed by atoms with Crippen LogP contribution in [-0.4, -0.2) is 63.8 Å². The molecule has 1 fully saturated rings. The van der Waals surface area contributed by atoms with Gasteiger partial charge in [0.15, 0.2) is 5.82 Å². The van der Waals surface area contributed by atoms with Crippen molar-refractivity contribution < 1.29 is 4.79 Å². The van der Waals surface area contributed by atoms with E-state index in [1.807, 2.05) is 4.90 Å². The van der Waals surface area contributed by atoms with Crippen molar-refractivity contribution in [2.24, 2.45) is 7.05 Å². The van der Waals surface area contributed by atoms with Gasteiger partial charge in [-0.2, -0.15) is 5.10 Å². The van der Waals surface area contributed by atoms with Gasteiger partial charge in [0.1, 0.15) is 6.33 Å². The Morgan fingerprint density at radius 2 is 2.06 bits per heavy atom. The molecular formula is C10H18N6O. The lowest BCUT2D eigenvalue weighted by Gasteiger charge is -2.32. The van der Waals surface area contributed by atoms with Gasteiger partial charge in [0, 0.05) is 33.2 Å². The molecule has 0 aliphatic carbocycles. The number of carbonyl (C=O) groups is 1. The number of aryl methyl sites for hydroxylation is 1. The maximum Gasteiger partial charge on any atom is 0.317 e. The van der Waals surface area contributed by atoms with Gasteiger partial charge in [0.2, 0.25) is 0 Å². The molecule has 17 heavy (non-hydrogen) atoms. The first-order valence-electron chi connectivity index (χ1n) is 5.71. The molecule has 7 heteroatoms. The SMILES string of the molecule is CN1CCN(C(=O)NCc2ncn(C)n2)CC1. The Hall–Kier alpha value is -1.63. The van der Waals surface area contributed by atoms with Crippen LogP contribution in [0.1, 0.15) is 5.82 Å². The molecular weight excluding hydrogens is 220 g/mol. The predicted octanol–water partition coefficient (Wildman–Crippen LogP) is -0.728. The van der Waals surface area contributed by atoms with Crippen molar-refractivity contribution in [3.8, 4) is 0 Å². The molecule has 0 aromatic carbocycles. The van der Waals surface area contributed by atoms with Gasteiger partial charge in [-0.15, -0.1) is 0 Å². The zero-order chi connectivity index (χ0) is 12.3. The Morgan fingerprint density at radius 1 is 1.35 bits per heavy atom. The molecule has 0 saturated carbocycles. The molecule has 0 atom stereocenters. The number of aromatic nitrogens is 3. The average molecular weight is 238 g/mol. The van der Waals surface area contributed by atoms with Crippen LogP contribution in [0.5, 0.6) is 0 Å². The molecule has 0 unspecified atom stereocenters. The number of carbonyl (C=O) groups excluding carboxylic acids is 1. The zero-order valence-corrected chi connectivity index (χ0v) is 10.3. The van der Waals surface area contributed by atoms with Crippen molar-refractivity contribution in [3.63, 3.8) is 0 Å². The highest BCUT2D eigenvalue weighted by molar-refractivity contribution is 5.74. The largest absolute Gasteiger partial charge is 0.331 e. The lowest BCUT2D eigenvalue weighted by atomic mass is 10.3. The molecule has 1 aliphatic rings. The highest BCUT2D eigenvalue weighted by Gasteiger charge is 2.18. The molecule has 1 aromatic rings. The fourth-order valence-corrected chi connectivity index (χ4v) is 1.74. The van der Waals surface area contributed by atoms with Crippen LogP contribution in [0, 0.1) is 0 Å². The lowest BCUT2D eigenvalue weighted by molar-refractivity contribution is 0.154. The van der Waals surface area contributed by atoms with Gasteiger partial charge in [-0.05, 0) is 7.05 Å². The molecule has 2 rings (SSSR count). The van der Waals surface area contributed by atoms with Crippen molar-refractivity contribution in [3.05, 3.63) is 12.2 Å². The van der Waals surface area contributed by atoms with Crippen LogP contribution in [0.2, 0.25) is 0 Å². The number of hydrogen-bond donors (Lipinski definition) is 1. The van der Waals surface area contributed by atoms with E-state index in [1.165, 1.54) is 0 Å². The van der Waals surface area contributed by atoms with E-state index in [1.54, 1.807) is 18.1 Å². The summed E-state index contributed by atoms with van der Waals surface area (Å²) in [5, 5.41) is 6.93. The van der Waals surface area contributed by atoms with Gasteiger partial charge < -0.3 is 15.1 Å². The van der Waals surface area contributed by atoms with Crippen molar-refractivity contribution in [2.75, 3.05) is 33.2 Å². The quantitative estimate of drug-likeness (QED) is 0.738. The molecule has 7 nitrogen and oxygen atoms in total. The molecule has 1 aliphatic heterocycles. The topological polar surface area (TPSA) is 66.3 Å². The Kier molecular flexibility index (Phi) is 3.58. The van der Waals surface area contributed by atoms with Crippen LogP contribution in [0.25, 0.3) is 0 Å². The zero-order valence-electron chi connectivity index (χ0n) is 10.3. The van der Waals surface area contributed by atoms with Crippen molar-refractivity contribution in [2.45, 2.75) is 6.54 Å². The number of hydrogen-bond acceptors (Lipinski definition) is 4. The van der Waals surface area contributed by atoms with Crippen molar-refractivity contribution in [1.82, 2.24) is 29.9 Å². The second kappa shape index (κ2) is 5.13. The Labute approximate surface area is 100 Å². The summed E-state index contributed by atoms with van der Waals surface area (Å²) in [4.78, 5) is 19.9. The van der Waals surface area contributed by atoms with E-state index in [0.29, 0.717) is 12.4 Å². The van der Waals surface area contributed by atoms with Gasteiger partial charge in [0.25, 0.3) is 0 Å².